The summed E-state index contributed by atoms with van der Waals surface area (Å²) in [7, 11) is 1.68. The van der Waals surface area contributed by atoms with Crippen LogP contribution in [0.15, 0.2) is 47.6 Å². The second-order valence-corrected chi connectivity index (χ2v) is 9.99. The molecule has 0 amide bonds. The van der Waals surface area contributed by atoms with Gasteiger partial charge >= 0.3 is 5.97 Å². The first-order valence-electron chi connectivity index (χ1n) is 12.5. The highest BCUT2D eigenvalue weighted by molar-refractivity contribution is 5.99. The molecule has 1 aliphatic carbocycles. The summed E-state index contributed by atoms with van der Waals surface area (Å²) in [6.07, 6.45) is 0.888. The second kappa shape index (κ2) is 9.98. The maximum Gasteiger partial charge on any atom is 0.304 e. The van der Waals surface area contributed by atoms with E-state index in [0.717, 1.165) is 38.9 Å². The van der Waals surface area contributed by atoms with E-state index in [1.54, 1.807) is 19.2 Å². The lowest BCUT2D eigenvalue weighted by Gasteiger charge is -2.20. The molecular weight excluding hydrogens is 487 g/mol. The highest BCUT2D eigenvalue weighted by atomic mass is 19.1. The van der Waals surface area contributed by atoms with Crippen LogP contribution < -0.4 is 21.2 Å². The van der Waals surface area contributed by atoms with Crippen molar-refractivity contribution in [1.82, 2.24) is 5.01 Å². The lowest BCUT2D eigenvalue weighted by Crippen LogP contribution is -2.34. The Labute approximate surface area is 220 Å². The van der Waals surface area contributed by atoms with Crippen LogP contribution in [-0.4, -0.2) is 35.6 Å². The van der Waals surface area contributed by atoms with Crippen molar-refractivity contribution in [2.75, 3.05) is 13.7 Å². The lowest BCUT2D eigenvalue weighted by atomic mass is 9.89. The van der Waals surface area contributed by atoms with Crippen LogP contribution in [-0.2, 0) is 11.2 Å². The Bertz CT molecular complexity index is 1430. The number of nitrogens with zero attached hydrogens (tertiary/aromatic N) is 2. The summed E-state index contributed by atoms with van der Waals surface area (Å²) < 4.78 is 27.2. The average Bonchev–Trinajstić information content (AvgIpc) is 3.45. The Hall–Kier alpha value is -4.11. The number of benzene rings is 3. The van der Waals surface area contributed by atoms with E-state index < -0.39 is 12.1 Å². The molecule has 0 aromatic heterocycles. The molecule has 2 aliphatic rings. The number of hydrazone groups is 1. The zero-order chi connectivity index (χ0) is 27.1. The first kappa shape index (κ1) is 25.5. The molecule has 0 spiro atoms. The number of carboxylic acid groups (broad SMARTS) is 1. The molecule has 1 aliphatic heterocycles. The zero-order valence-electron chi connectivity index (χ0n) is 21.6. The van der Waals surface area contributed by atoms with Crippen molar-refractivity contribution in [1.29, 1.82) is 0 Å². The zero-order valence-corrected chi connectivity index (χ0v) is 21.6. The average molecular weight is 519 g/mol. The van der Waals surface area contributed by atoms with Crippen LogP contribution in [0.2, 0.25) is 0 Å². The van der Waals surface area contributed by atoms with E-state index in [-0.39, 0.29) is 18.2 Å². The third-order valence-electron chi connectivity index (χ3n) is 7.36. The van der Waals surface area contributed by atoms with Gasteiger partial charge < -0.3 is 20.4 Å². The summed E-state index contributed by atoms with van der Waals surface area (Å²) in [4.78, 5) is 11.1. The molecule has 0 unspecified atom stereocenters. The molecule has 0 bridgehead atoms. The Morgan fingerprint density at radius 2 is 1.95 bits per heavy atom. The quantitative estimate of drug-likeness (QED) is 0.189. The SMILES string of the molecule is Cc1cc(/C(=N/N)N(C)N)cc(C)c1-c1ccc(F)c2c1CC[C@H]2Oc1ccc2c(c1)OC[C@H]2CC(=O)O. The van der Waals surface area contributed by atoms with Crippen LogP contribution in [0.5, 0.6) is 11.5 Å². The van der Waals surface area contributed by atoms with Gasteiger partial charge in [-0.1, -0.05) is 12.1 Å². The van der Waals surface area contributed by atoms with E-state index in [4.69, 9.17) is 26.3 Å². The van der Waals surface area contributed by atoms with Crippen molar-refractivity contribution in [2.24, 2.45) is 16.8 Å². The number of amidine groups is 1. The molecular formula is C29H31FN4O4. The maximum absolute atomic E-state index is 15.2. The fourth-order valence-corrected chi connectivity index (χ4v) is 5.79. The summed E-state index contributed by atoms with van der Waals surface area (Å²) in [6.45, 7) is 4.35. The summed E-state index contributed by atoms with van der Waals surface area (Å²) in [5, 5.41) is 14.3. The van der Waals surface area contributed by atoms with Gasteiger partial charge in [0.2, 0.25) is 0 Å². The molecule has 0 saturated carbocycles. The number of hydrogen-bond donors (Lipinski definition) is 3. The number of aryl methyl sites for hydroxylation is 2. The third-order valence-corrected chi connectivity index (χ3v) is 7.36. The van der Waals surface area contributed by atoms with Crippen LogP contribution in [0.25, 0.3) is 11.1 Å². The van der Waals surface area contributed by atoms with Crippen molar-refractivity contribution in [3.8, 4) is 22.6 Å². The van der Waals surface area contributed by atoms with Crippen molar-refractivity contribution < 1.29 is 23.8 Å². The van der Waals surface area contributed by atoms with E-state index in [9.17, 15) is 4.79 Å². The van der Waals surface area contributed by atoms with Gasteiger partial charge in [-0.15, -0.1) is 0 Å². The number of ether oxygens (including phenoxy) is 2. The molecule has 2 atom stereocenters. The van der Waals surface area contributed by atoms with Gasteiger partial charge in [-0.05, 0) is 78.8 Å². The van der Waals surface area contributed by atoms with Crippen LogP contribution in [0.3, 0.4) is 0 Å². The second-order valence-electron chi connectivity index (χ2n) is 9.99. The number of aliphatic carboxylic acids is 1. The van der Waals surface area contributed by atoms with Gasteiger partial charge in [0, 0.05) is 35.7 Å². The fraction of sp³-hybridized carbons (Fsp3) is 0.310. The molecule has 1 heterocycles. The minimum atomic E-state index is -0.861. The number of carboxylic acids is 1. The summed E-state index contributed by atoms with van der Waals surface area (Å²) >= 11 is 0. The maximum atomic E-state index is 15.2. The molecule has 8 nitrogen and oxygen atoms in total. The molecule has 0 saturated heterocycles. The van der Waals surface area contributed by atoms with Crippen LogP contribution in [0.1, 0.15) is 58.2 Å². The summed E-state index contributed by atoms with van der Waals surface area (Å²) in [6, 6.07) is 12.7. The number of carbonyl (C=O) groups is 1. The number of hydrazine groups is 1. The van der Waals surface area contributed by atoms with Gasteiger partial charge in [0.1, 0.15) is 23.4 Å². The smallest absolute Gasteiger partial charge is 0.304 e. The number of halogens is 1. The molecule has 0 radical (unpaired) electrons. The minimum absolute atomic E-state index is 0.0141. The van der Waals surface area contributed by atoms with Crippen molar-refractivity contribution in [3.05, 3.63) is 81.7 Å². The highest BCUT2D eigenvalue weighted by Crippen LogP contribution is 2.45. The van der Waals surface area contributed by atoms with Gasteiger partial charge in [0.25, 0.3) is 0 Å². The Morgan fingerprint density at radius 3 is 2.61 bits per heavy atom. The molecule has 9 heteroatoms. The van der Waals surface area contributed by atoms with Crippen molar-refractivity contribution >= 4 is 11.8 Å². The molecule has 3 aromatic rings. The largest absolute Gasteiger partial charge is 0.492 e. The Morgan fingerprint density at radius 1 is 1.21 bits per heavy atom. The molecule has 0 fully saturated rings. The predicted octanol–water partition coefficient (Wildman–Crippen LogP) is 4.55. The minimum Gasteiger partial charge on any atom is -0.492 e. The number of rotatable bonds is 6. The van der Waals surface area contributed by atoms with E-state index in [1.165, 1.54) is 11.1 Å². The van der Waals surface area contributed by atoms with Crippen LogP contribution in [0.4, 0.5) is 4.39 Å². The molecule has 198 valence electrons. The van der Waals surface area contributed by atoms with Gasteiger partial charge in [0.05, 0.1) is 13.0 Å². The molecule has 38 heavy (non-hydrogen) atoms. The summed E-state index contributed by atoms with van der Waals surface area (Å²) in [5.41, 5.74) is 7.21. The molecule has 5 rings (SSSR count). The Balaban J connectivity index is 1.46. The Kier molecular flexibility index (Phi) is 6.71. The van der Waals surface area contributed by atoms with E-state index in [2.05, 4.69) is 5.10 Å². The third kappa shape index (κ3) is 4.54. The summed E-state index contributed by atoms with van der Waals surface area (Å²) in [5.74, 6) is 11.8. The van der Waals surface area contributed by atoms with Gasteiger partial charge in [-0.25, -0.2) is 10.2 Å². The standard InChI is InChI=1S/C29H31FN4O4/c1-15-10-17(29(33-31)34(3)32)11-16(2)27(15)21-6-8-23(30)28-22(21)7-9-24(28)38-19-4-5-20-18(12-26(35)36)14-37-25(20)13-19/h4-6,8,10-11,13,18,24H,7,9,12,14,31-32H2,1-3H3,(H,35,36)/b33-29-/t18-,24-/m1/s1. The fourth-order valence-electron chi connectivity index (χ4n) is 5.79. The van der Waals surface area contributed by atoms with Crippen LogP contribution in [0, 0.1) is 19.7 Å². The van der Waals surface area contributed by atoms with E-state index >= 15 is 4.39 Å². The van der Waals surface area contributed by atoms with Crippen molar-refractivity contribution in [2.45, 2.75) is 45.1 Å². The molecule has 3 aromatic carbocycles. The predicted molar refractivity (Wildman–Crippen MR) is 143 cm³/mol. The first-order chi connectivity index (χ1) is 18.2. The molecule has 5 N–H and O–H groups in total. The van der Waals surface area contributed by atoms with Crippen molar-refractivity contribution in [3.63, 3.8) is 0 Å². The van der Waals surface area contributed by atoms with E-state index in [0.29, 0.717) is 42.3 Å². The van der Waals surface area contributed by atoms with Crippen LogP contribution >= 0.6 is 0 Å². The lowest BCUT2D eigenvalue weighted by molar-refractivity contribution is -0.137. The van der Waals surface area contributed by atoms with Gasteiger partial charge in [-0.2, -0.15) is 5.10 Å². The van der Waals surface area contributed by atoms with E-state index in [1.807, 2.05) is 38.1 Å². The number of fused-ring (bicyclic) bond motifs is 2. The van der Waals surface area contributed by atoms with Gasteiger partial charge in [0.15, 0.2) is 5.84 Å². The number of hydrogen-bond acceptors (Lipinski definition) is 6. The van der Waals surface area contributed by atoms with Gasteiger partial charge in [-0.3, -0.25) is 9.80 Å². The normalized spacial score (nSPS) is 18.1. The highest BCUT2D eigenvalue weighted by Gasteiger charge is 2.32. The first-order valence-corrected chi connectivity index (χ1v) is 12.5. The monoisotopic (exact) mass is 518 g/mol. The topological polar surface area (TPSA) is 123 Å². The number of nitrogens with two attached hydrogens (primary N) is 2.